The molecular formula is C30H36N2O3S. The molecule has 5 nitrogen and oxygen atoms in total. The van der Waals surface area contributed by atoms with E-state index in [0.29, 0.717) is 18.0 Å². The lowest BCUT2D eigenvalue weighted by Gasteiger charge is -2.33. The normalized spacial score (nSPS) is 15.0. The molecule has 1 saturated heterocycles. The third-order valence-electron chi connectivity index (χ3n) is 7.09. The van der Waals surface area contributed by atoms with Crippen LogP contribution in [-0.4, -0.2) is 50.3 Å². The Kier molecular flexibility index (Phi) is 8.94. The summed E-state index contributed by atoms with van der Waals surface area (Å²) < 4.78 is 25.6. The van der Waals surface area contributed by atoms with Crippen LogP contribution in [0.15, 0.2) is 89.8 Å². The average Bonchev–Trinajstić information content (AvgIpc) is 2.91. The first kappa shape index (κ1) is 26.1. The number of hydrogen-bond donors (Lipinski definition) is 0. The van der Waals surface area contributed by atoms with E-state index in [9.17, 15) is 13.2 Å². The molecule has 0 bridgehead atoms. The van der Waals surface area contributed by atoms with Crippen molar-refractivity contribution in [3.05, 3.63) is 102 Å². The Morgan fingerprint density at radius 2 is 1.44 bits per heavy atom. The highest BCUT2D eigenvalue weighted by Crippen LogP contribution is 2.23. The van der Waals surface area contributed by atoms with E-state index >= 15 is 0 Å². The highest BCUT2D eigenvalue weighted by Gasteiger charge is 2.22. The van der Waals surface area contributed by atoms with Gasteiger partial charge in [0.1, 0.15) is 0 Å². The number of carbonyl (C=O) groups excluding carboxylic acids is 1. The Hall–Kier alpha value is -2.96. The van der Waals surface area contributed by atoms with Crippen LogP contribution >= 0.6 is 0 Å². The van der Waals surface area contributed by atoms with E-state index in [-0.39, 0.29) is 16.6 Å². The van der Waals surface area contributed by atoms with Gasteiger partial charge < -0.3 is 4.90 Å². The molecule has 0 N–H and O–H groups in total. The Labute approximate surface area is 215 Å². The maximum atomic E-state index is 13.1. The lowest BCUT2D eigenvalue weighted by Crippen LogP contribution is -2.36. The topological polar surface area (TPSA) is 57.7 Å². The standard InChI is InChI=1S/C30H36N2O3S/c1-2-32(22-19-25-17-20-31(21-18-25)23-26-9-5-3-6-10-26)30(33)28-13-15-29(16-14-28)36(34,35)24-27-11-7-4-8-12-27/h3-16,25H,2,17-24H2,1H3. The molecule has 3 aromatic rings. The van der Waals surface area contributed by atoms with Crippen LogP contribution in [0, 0.1) is 5.92 Å². The molecule has 0 spiro atoms. The monoisotopic (exact) mass is 504 g/mol. The van der Waals surface area contributed by atoms with Gasteiger partial charge in [-0.05, 0) is 80.6 Å². The zero-order valence-electron chi connectivity index (χ0n) is 21.1. The number of hydrogen-bond acceptors (Lipinski definition) is 4. The van der Waals surface area contributed by atoms with E-state index in [4.69, 9.17) is 0 Å². The number of nitrogens with zero attached hydrogens (tertiary/aromatic N) is 2. The van der Waals surface area contributed by atoms with Crippen molar-refractivity contribution in [2.75, 3.05) is 26.2 Å². The molecule has 0 saturated carbocycles. The first-order valence-electron chi connectivity index (χ1n) is 12.9. The Bertz CT molecular complexity index is 1200. The van der Waals surface area contributed by atoms with Crippen LogP contribution < -0.4 is 0 Å². The SMILES string of the molecule is CCN(CCC1CCN(Cc2ccccc2)CC1)C(=O)c1ccc(S(=O)(=O)Cc2ccccc2)cc1. The van der Waals surface area contributed by atoms with Crippen LogP contribution in [0.25, 0.3) is 0 Å². The van der Waals surface area contributed by atoms with Crippen molar-refractivity contribution in [1.82, 2.24) is 9.80 Å². The summed E-state index contributed by atoms with van der Waals surface area (Å²) in [4.78, 5) is 17.8. The molecule has 1 aliphatic heterocycles. The summed E-state index contributed by atoms with van der Waals surface area (Å²) in [6.07, 6.45) is 3.32. The summed E-state index contributed by atoms with van der Waals surface area (Å²) in [6, 6.07) is 26.2. The Morgan fingerprint density at radius 3 is 2.03 bits per heavy atom. The number of carbonyl (C=O) groups is 1. The highest BCUT2D eigenvalue weighted by molar-refractivity contribution is 7.90. The molecule has 36 heavy (non-hydrogen) atoms. The molecule has 0 unspecified atom stereocenters. The molecular weight excluding hydrogens is 468 g/mol. The number of likely N-dealkylation sites (tertiary alicyclic amines) is 1. The molecule has 1 fully saturated rings. The van der Waals surface area contributed by atoms with E-state index in [2.05, 4.69) is 35.2 Å². The average molecular weight is 505 g/mol. The maximum absolute atomic E-state index is 13.1. The largest absolute Gasteiger partial charge is 0.339 e. The molecule has 3 aromatic carbocycles. The summed E-state index contributed by atoms with van der Waals surface area (Å²) in [5.74, 6) is 0.544. The number of rotatable bonds is 10. The molecule has 0 aromatic heterocycles. The maximum Gasteiger partial charge on any atom is 0.253 e. The van der Waals surface area contributed by atoms with Crippen molar-refractivity contribution < 1.29 is 13.2 Å². The minimum absolute atomic E-state index is 0.0361. The quantitative estimate of drug-likeness (QED) is 0.370. The van der Waals surface area contributed by atoms with E-state index in [1.165, 1.54) is 5.56 Å². The molecule has 190 valence electrons. The first-order valence-corrected chi connectivity index (χ1v) is 14.5. The van der Waals surface area contributed by atoms with E-state index in [0.717, 1.165) is 51.0 Å². The highest BCUT2D eigenvalue weighted by atomic mass is 32.2. The second kappa shape index (κ2) is 12.3. The molecule has 1 aliphatic rings. The molecule has 4 rings (SSSR count). The van der Waals surface area contributed by atoms with Crippen molar-refractivity contribution >= 4 is 15.7 Å². The van der Waals surface area contributed by atoms with E-state index in [1.807, 2.05) is 42.2 Å². The fraction of sp³-hybridized carbons (Fsp3) is 0.367. The van der Waals surface area contributed by atoms with Gasteiger partial charge >= 0.3 is 0 Å². The van der Waals surface area contributed by atoms with Crippen LogP contribution in [0.2, 0.25) is 0 Å². The van der Waals surface area contributed by atoms with Gasteiger partial charge in [0.2, 0.25) is 0 Å². The molecule has 6 heteroatoms. The number of sulfone groups is 1. The van der Waals surface area contributed by atoms with Crippen molar-refractivity contribution in [2.24, 2.45) is 5.92 Å². The smallest absolute Gasteiger partial charge is 0.253 e. The van der Waals surface area contributed by atoms with Gasteiger partial charge in [0.25, 0.3) is 5.91 Å². The third-order valence-corrected chi connectivity index (χ3v) is 8.80. The molecule has 0 aliphatic carbocycles. The second-order valence-corrected chi connectivity index (χ2v) is 11.6. The van der Waals surface area contributed by atoms with Gasteiger partial charge in [-0.25, -0.2) is 8.42 Å². The number of piperidine rings is 1. The summed E-state index contributed by atoms with van der Waals surface area (Å²) in [6.45, 7) is 6.56. The van der Waals surface area contributed by atoms with Crippen LogP contribution in [-0.2, 0) is 22.1 Å². The summed E-state index contributed by atoms with van der Waals surface area (Å²) in [5.41, 5.74) is 2.64. The van der Waals surface area contributed by atoms with Crippen LogP contribution in [0.5, 0.6) is 0 Å². The minimum atomic E-state index is -3.46. The second-order valence-electron chi connectivity index (χ2n) is 9.65. The zero-order valence-corrected chi connectivity index (χ0v) is 21.9. The van der Waals surface area contributed by atoms with Crippen LogP contribution in [0.1, 0.15) is 47.7 Å². The van der Waals surface area contributed by atoms with E-state index in [1.54, 1.807) is 24.3 Å². The summed E-state index contributed by atoms with van der Waals surface area (Å²) in [7, 11) is -3.46. The van der Waals surface area contributed by atoms with Crippen LogP contribution in [0.4, 0.5) is 0 Å². The van der Waals surface area contributed by atoms with Gasteiger partial charge in [-0.2, -0.15) is 0 Å². The number of benzene rings is 3. The molecule has 0 atom stereocenters. The lowest BCUT2D eigenvalue weighted by molar-refractivity contribution is 0.0743. The van der Waals surface area contributed by atoms with Gasteiger partial charge in [0, 0.05) is 25.2 Å². The van der Waals surface area contributed by atoms with Crippen molar-refractivity contribution in [3.8, 4) is 0 Å². The Balaban J connectivity index is 1.28. The zero-order chi connectivity index (χ0) is 25.4. The van der Waals surface area contributed by atoms with Gasteiger partial charge in [0.05, 0.1) is 10.6 Å². The summed E-state index contributed by atoms with van der Waals surface area (Å²) in [5, 5.41) is 0. The fourth-order valence-corrected chi connectivity index (χ4v) is 6.23. The first-order chi connectivity index (χ1) is 17.4. The molecule has 1 heterocycles. The minimum Gasteiger partial charge on any atom is -0.339 e. The fourth-order valence-electron chi connectivity index (χ4n) is 4.88. The summed E-state index contributed by atoms with van der Waals surface area (Å²) >= 11 is 0. The van der Waals surface area contributed by atoms with Crippen molar-refractivity contribution in [3.63, 3.8) is 0 Å². The van der Waals surface area contributed by atoms with Crippen LogP contribution in [0.3, 0.4) is 0 Å². The Morgan fingerprint density at radius 1 is 0.861 bits per heavy atom. The van der Waals surface area contributed by atoms with Crippen molar-refractivity contribution in [1.29, 1.82) is 0 Å². The van der Waals surface area contributed by atoms with Gasteiger partial charge in [-0.1, -0.05) is 60.7 Å². The lowest BCUT2D eigenvalue weighted by atomic mass is 9.93. The van der Waals surface area contributed by atoms with Gasteiger partial charge in [0.15, 0.2) is 9.84 Å². The third kappa shape index (κ3) is 7.05. The van der Waals surface area contributed by atoms with Crippen molar-refractivity contribution in [2.45, 2.75) is 43.4 Å². The molecule has 1 amide bonds. The van der Waals surface area contributed by atoms with E-state index < -0.39 is 9.84 Å². The number of amides is 1. The van der Waals surface area contributed by atoms with Gasteiger partial charge in [-0.15, -0.1) is 0 Å². The predicted molar refractivity (Wildman–Crippen MR) is 144 cm³/mol. The van der Waals surface area contributed by atoms with Gasteiger partial charge in [-0.3, -0.25) is 9.69 Å². The molecule has 0 radical (unpaired) electrons. The predicted octanol–water partition coefficient (Wildman–Crippen LogP) is 5.42.